The lowest BCUT2D eigenvalue weighted by molar-refractivity contribution is -0.150. The monoisotopic (exact) mass is 328 g/mol. The van der Waals surface area contributed by atoms with E-state index in [-0.39, 0.29) is 5.91 Å². The van der Waals surface area contributed by atoms with Crippen LogP contribution in [0.5, 0.6) is 0 Å². The molecule has 6 heteroatoms. The smallest absolute Gasteiger partial charge is 0.240 e. The molecule has 0 saturated carbocycles. The number of aryl methyl sites for hydroxylation is 1. The van der Waals surface area contributed by atoms with Gasteiger partial charge in [-0.25, -0.2) is 0 Å². The first-order chi connectivity index (χ1) is 11.5. The predicted octanol–water partition coefficient (Wildman–Crippen LogP) is 1.06. The van der Waals surface area contributed by atoms with Crippen molar-refractivity contribution in [2.75, 3.05) is 19.7 Å². The van der Waals surface area contributed by atoms with Crippen molar-refractivity contribution in [2.45, 2.75) is 25.0 Å². The lowest BCUT2D eigenvalue weighted by Crippen LogP contribution is -2.54. The molecule has 2 heterocycles. The fourth-order valence-corrected chi connectivity index (χ4v) is 3.12. The summed E-state index contributed by atoms with van der Waals surface area (Å²) in [5.41, 5.74) is 7.66. The number of nitrogens with zero attached hydrogens (tertiary/aromatic N) is 3. The van der Waals surface area contributed by atoms with Gasteiger partial charge in [0, 0.05) is 25.4 Å². The summed E-state index contributed by atoms with van der Waals surface area (Å²) in [7, 11) is 1.87. The standard InChI is InChI=1S/C18H24N4O2/c1-18(15-11-20-21(2)12-15)13-22(8-9-24-18)17(23)16(19)10-14-6-4-3-5-7-14/h3-7,11-12,16H,8-10,13,19H2,1-2H3/t16-,18+/m1/s1. The molecule has 1 fully saturated rings. The van der Waals surface area contributed by atoms with Gasteiger partial charge in [-0.05, 0) is 18.9 Å². The summed E-state index contributed by atoms with van der Waals surface area (Å²) in [5.74, 6) is -0.0303. The van der Waals surface area contributed by atoms with Crippen molar-refractivity contribution in [3.8, 4) is 0 Å². The van der Waals surface area contributed by atoms with Crippen LogP contribution >= 0.6 is 0 Å². The second kappa shape index (κ2) is 6.75. The second-order valence-electron chi connectivity index (χ2n) is 6.54. The first-order valence-corrected chi connectivity index (χ1v) is 8.19. The second-order valence-corrected chi connectivity index (χ2v) is 6.54. The molecule has 0 bridgehead atoms. The van der Waals surface area contributed by atoms with E-state index in [1.165, 1.54) is 0 Å². The molecule has 128 valence electrons. The number of carbonyl (C=O) groups is 1. The van der Waals surface area contributed by atoms with Gasteiger partial charge in [0.25, 0.3) is 0 Å². The van der Waals surface area contributed by atoms with Gasteiger partial charge in [-0.3, -0.25) is 9.48 Å². The lowest BCUT2D eigenvalue weighted by Gasteiger charge is -2.40. The van der Waals surface area contributed by atoms with E-state index >= 15 is 0 Å². The largest absolute Gasteiger partial charge is 0.367 e. The highest BCUT2D eigenvalue weighted by Crippen LogP contribution is 2.29. The molecule has 1 aliphatic rings. The first kappa shape index (κ1) is 16.7. The number of benzene rings is 1. The number of carbonyl (C=O) groups excluding carboxylic acids is 1. The Bertz CT molecular complexity index is 700. The molecule has 1 aliphatic heterocycles. The fraction of sp³-hybridized carbons (Fsp3) is 0.444. The molecule has 0 aliphatic carbocycles. The van der Waals surface area contributed by atoms with E-state index in [0.29, 0.717) is 26.1 Å². The van der Waals surface area contributed by atoms with Gasteiger partial charge in [0.05, 0.1) is 25.4 Å². The summed E-state index contributed by atoms with van der Waals surface area (Å²) >= 11 is 0. The van der Waals surface area contributed by atoms with Crippen molar-refractivity contribution >= 4 is 5.91 Å². The summed E-state index contributed by atoms with van der Waals surface area (Å²) in [4.78, 5) is 14.6. The van der Waals surface area contributed by atoms with Crippen LogP contribution in [0.4, 0.5) is 0 Å². The van der Waals surface area contributed by atoms with Crippen LogP contribution < -0.4 is 5.73 Å². The zero-order valence-corrected chi connectivity index (χ0v) is 14.2. The van der Waals surface area contributed by atoms with Gasteiger partial charge in [0.2, 0.25) is 5.91 Å². The Balaban J connectivity index is 1.68. The molecule has 0 radical (unpaired) electrons. The normalized spacial score (nSPS) is 22.4. The molecule has 1 saturated heterocycles. The van der Waals surface area contributed by atoms with Crippen molar-refractivity contribution in [3.63, 3.8) is 0 Å². The average molecular weight is 328 g/mol. The van der Waals surface area contributed by atoms with E-state index in [0.717, 1.165) is 11.1 Å². The summed E-state index contributed by atoms with van der Waals surface area (Å²) in [6.07, 6.45) is 4.26. The van der Waals surface area contributed by atoms with Crippen molar-refractivity contribution in [3.05, 3.63) is 53.9 Å². The van der Waals surface area contributed by atoms with Gasteiger partial charge in [-0.15, -0.1) is 0 Å². The molecule has 1 amide bonds. The number of ether oxygens (including phenoxy) is 1. The number of hydrogen-bond donors (Lipinski definition) is 1. The van der Waals surface area contributed by atoms with Crippen molar-refractivity contribution in [2.24, 2.45) is 12.8 Å². The zero-order chi connectivity index (χ0) is 17.2. The Morgan fingerprint density at radius 1 is 1.42 bits per heavy atom. The minimum Gasteiger partial charge on any atom is -0.367 e. The lowest BCUT2D eigenvalue weighted by atomic mass is 9.96. The zero-order valence-electron chi connectivity index (χ0n) is 14.2. The highest BCUT2D eigenvalue weighted by molar-refractivity contribution is 5.82. The molecule has 6 nitrogen and oxygen atoms in total. The summed E-state index contributed by atoms with van der Waals surface area (Å²) in [6.45, 7) is 3.54. The Labute approximate surface area is 142 Å². The molecule has 0 unspecified atom stereocenters. The van der Waals surface area contributed by atoms with Crippen LogP contribution in [0, 0.1) is 0 Å². The number of rotatable bonds is 4. The van der Waals surface area contributed by atoms with Gasteiger partial charge < -0.3 is 15.4 Å². The van der Waals surface area contributed by atoms with E-state index in [1.54, 1.807) is 10.9 Å². The number of aromatic nitrogens is 2. The van der Waals surface area contributed by atoms with Crippen molar-refractivity contribution in [1.29, 1.82) is 0 Å². The van der Waals surface area contributed by atoms with E-state index in [2.05, 4.69) is 5.10 Å². The molecule has 1 aromatic carbocycles. The molecule has 2 aromatic rings. The van der Waals surface area contributed by atoms with Crippen molar-refractivity contribution in [1.82, 2.24) is 14.7 Å². The van der Waals surface area contributed by atoms with E-state index in [4.69, 9.17) is 10.5 Å². The average Bonchev–Trinajstić information content (AvgIpc) is 3.02. The van der Waals surface area contributed by atoms with Crippen LogP contribution in [0.25, 0.3) is 0 Å². The minimum absolute atomic E-state index is 0.0303. The molecule has 2 N–H and O–H groups in total. The number of amides is 1. The van der Waals surface area contributed by atoms with Gasteiger partial charge in [-0.1, -0.05) is 30.3 Å². The quantitative estimate of drug-likeness (QED) is 0.911. The van der Waals surface area contributed by atoms with Gasteiger partial charge in [-0.2, -0.15) is 5.10 Å². The molecular formula is C18H24N4O2. The summed E-state index contributed by atoms with van der Waals surface area (Å²) in [5, 5.41) is 4.21. The number of hydrogen-bond acceptors (Lipinski definition) is 4. The fourth-order valence-electron chi connectivity index (χ4n) is 3.12. The van der Waals surface area contributed by atoms with E-state index < -0.39 is 11.6 Å². The third kappa shape index (κ3) is 3.49. The number of nitrogens with two attached hydrogens (primary N) is 1. The topological polar surface area (TPSA) is 73.4 Å². The molecule has 2 atom stereocenters. The predicted molar refractivity (Wildman–Crippen MR) is 91.2 cm³/mol. The van der Waals surface area contributed by atoms with E-state index in [1.807, 2.05) is 55.4 Å². The third-order valence-electron chi connectivity index (χ3n) is 4.52. The van der Waals surface area contributed by atoms with Crippen LogP contribution in [-0.4, -0.2) is 46.3 Å². The Kier molecular flexibility index (Phi) is 4.69. The molecule has 24 heavy (non-hydrogen) atoms. The summed E-state index contributed by atoms with van der Waals surface area (Å²) in [6, 6.07) is 9.32. The van der Waals surface area contributed by atoms with E-state index in [9.17, 15) is 4.79 Å². The maximum absolute atomic E-state index is 12.8. The van der Waals surface area contributed by atoms with Crippen LogP contribution in [-0.2, 0) is 28.6 Å². The van der Waals surface area contributed by atoms with Crippen LogP contribution in [0.1, 0.15) is 18.1 Å². The molecule has 1 aromatic heterocycles. The van der Waals surface area contributed by atoms with Crippen molar-refractivity contribution < 1.29 is 9.53 Å². The Morgan fingerprint density at radius 3 is 2.83 bits per heavy atom. The van der Waals surface area contributed by atoms with Gasteiger partial charge in [0.1, 0.15) is 5.60 Å². The number of morpholine rings is 1. The SMILES string of the molecule is Cn1cc([C@]2(C)CN(C(=O)[C@H](N)Cc3ccccc3)CCO2)cn1. The summed E-state index contributed by atoms with van der Waals surface area (Å²) < 4.78 is 7.70. The van der Waals surface area contributed by atoms with Crippen LogP contribution in [0.15, 0.2) is 42.7 Å². The highest BCUT2D eigenvalue weighted by Gasteiger charge is 2.37. The van der Waals surface area contributed by atoms with Crippen LogP contribution in [0.3, 0.4) is 0 Å². The molecular weight excluding hydrogens is 304 g/mol. The van der Waals surface area contributed by atoms with Crippen LogP contribution in [0.2, 0.25) is 0 Å². The minimum atomic E-state index is -0.547. The molecule has 3 rings (SSSR count). The molecule has 0 spiro atoms. The Morgan fingerprint density at radius 2 is 2.17 bits per heavy atom. The van der Waals surface area contributed by atoms with Gasteiger partial charge >= 0.3 is 0 Å². The highest BCUT2D eigenvalue weighted by atomic mass is 16.5. The third-order valence-corrected chi connectivity index (χ3v) is 4.52. The first-order valence-electron chi connectivity index (χ1n) is 8.19. The maximum Gasteiger partial charge on any atom is 0.240 e. The Hall–Kier alpha value is -2.18. The maximum atomic E-state index is 12.8. The van der Waals surface area contributed by atoms with Gasteiger partial charge in [0.15, 0.2) is 0 Å².